The SMILES string of the molecule is CCC1NC(=O)CCN(c2ccccc2C(C)C)C1=O. The maximum absolute atomic E-state index is 12.6. The van der Waals surface area contributed by atoms with E-state index in [1.165, 1.54) is 0 Å². The smallest absolute Gasteiger partial charge is 0.249 e. The van der Waals surface area contributed by atoms with Crippen molar-refractivity contribution < 1.29 is 9.59 Å². The third kappa shape index (κ3) is 2.84. The highest BCUT2D eigenvalue weighted by Gasteiger charge is 2.30. The first-order chi connectivity index (χ1) is 9.54. The van der Waals surface area contributed by atoms with E-state index < -0.39 is 6.04 Å². The molecular formula is C16H22N2O2. The van der Waals surface area contributed by atoms with Crippen LogP contribution in [-0.2, 0) is 9.59 Å². The number of benzene rings is 1. The number of carbonyl (C=O) groups excluding carboxylic acids is 2. The molecule has 0 radical (unpaired) electrons. The lowest BCUT2D eigenvalue weighted by atomic mass is 10.00. The molecule has 4 nitrogen and oxygen atoms in total. The van der Waals surface area contributed by atoms with Gasteiger partial charge in [0.25, 0.3) is 0 Å². The fourth-order valence-electron chi connectivity index (χ4n) is 2.58. The van der Waals surface area contributed by atoms with Gasteiger partial charge in [-0.3, -0.25) is 9.59 Å². The quantitative estimate of drug-likeness (QED) is 0.920. The average molecular weight is 274 g/mol. The van der Waals surface area contributed by atoms with Crippen LogP contribution in [-0.4, -0.2) is 24.4 Å². The van der Waals surface area contributed by atoms with Crippen molar-refractivity contribution in [2.75, 3.05) is 11.4 Å². The molecule has 0 bridgehead atoms. The second kappa shape index (κ2) is 6.07. The van der Waals surface area contributed by atoms with Crippen molar-refractivity contribution in [3.8, 4) is 0 Å². The van der Waals surface area contributed by atoms with Gasteiger partial charge >= 0.3 is 0 Å². The number of nitrogens with zero attached hydrogens (tertiary/aromatic N) is 1. The normalized spacial score (nSPS) is 20.0. The highest BCUT2D eigenvalue weighted by Crippen LogP contribution is 2.28. The van der Waals surface area contributed by atoms with Gasteiger partial charge in [-0.2, -0.15) is 0 Å². The van der Waals surface area contributed by atoms with E-state index in [1.807, 2.05) is 31.2 Å². The van der Waals surface area contributed by atoms with Gasteiger partial charge in [0.1, 0.15) is 6.04 Å². The van der Waals surface area contributed by atoms with Crippen molar-refractivity contribution in [1.82, 2.24) is 5.32 Å². The summed E-state index contributed by atoms with van der Waals surface area (Å²) in [6.07, 6.45) is 0.972. The fraction of sp³-hybridized carbons (Fsp3) is 0.500. The molecule has 1 saturated heterocycles. The van der Waals surface area contributed by atoms with Crippen LogP contribution in [0, 0.1) is 0 Å². The molecule has 2 rings (SSSR count). The summed E-state index contributed by atoms with van der Waals surface area (Å²) in [5, 5.41) is 2.80. The van der Waals surface area contributed by atoms with Gasteiger partial charge in [0, 0.05) is 18.7 Å². The first-order valence-electron chi connectivity index (χ1n) is 7.24. The second-order valence-electron chi connectivity index (χ2n) is 5.48. The van der Waals surface area contributed by atoms with Crippen LogP contribution in [0.25, 0.3) is 0 Å². The predicted molar refractivity (Wildman–Crippen MR) is 79.7 cm³/mol. The van der Waals surface area contributed by atoms with E-state index in [-0.39, 0.29) is 11.8 Å². The van der Waals surface area contributed by atoms with Crippen LogP contribution in [0.3, 0.4) is 0 Å². The minimum atomic E-state index is -0.412. The van der Waals surface area contributed by atoms with E-state index in [9.17, 15) is 9.59 Å². The minimum Gasteiger partial charge on any atom is -0.344 e. The lowest BCUT2D eigenvalue weighted by Gasteiger charge is -2.26. The Morgan fingerprint density at radius 2 is 2.00 bits per heavy atom. The number of anilines is 1. The van der Waals surface area contributed by atoms with E-state index in [0.717, 1.165) is 11.3 Å². The Morgan fingerprint density at radius 3 is 2.65 bits per heavy atom. The fourth-order valence-corrected chi connectivity index (χ4v) is 2.58. The van der Waals surface area contributed by atoms with E-state index in [2.05, 4.69) is 19.2 Å². The molecule has 1 heterocycles. The molecule has 1 aliphatic rings. The number of hydrogen-bond acceptors (Lipinski definition) is 2. The van der Waals surface area contributed by atoms with Crippen molar-refractivity contribution in [2.45, 2.75) is 45.6 Å². The molecule has 0 spiro atoms. The maximum atomic E-state index is 12.6. The van der Waals surface area contributed by atoms with Gasteiger partial charge < -0.3 is 10.2 Å². The standard InChI is InChI=1S/C16H22N2O2/c1-4-13-16(20)18(10-9-15(19)17-13)14-8-6-5-7-12(14)11(2)3/h5-8,11,13H,4,9-10H2,1-3H3,(H,17,19). The molecule has 108 valence electrons. The van der Waals surface area contributed by atoms with Gasteiger partial charge in [-0.1, -0.05) is 39.0 Å². The van der Waals surface area contributed by atoms with E-state index >= 15 is 0 Å². The van der Waals surface area contributed by atoms with Crippen molar-refractivity contribution in [3.05, 3.63) is 29.8 Å². The predicted octanol–water partition coefficient (Wildman–Crippen LogP) is 2.44. The van der Waals surface area contributed by atoms with E-state index in [4.69, 9.17) is 0 Å². The number of hydrogen-bond donors (Lipinski definition) is 1. The molecule has 1 aromatic rings. The van der Waals surface area contributed by atoms with Crippen LogP contribution < -0.4 is 10.2 Å². The van der Waals surface area contributed by atoms with Crippen LogP contribution in [0.5, 0.6) is 0 Å². The lowest BCUT2D eigenvalue weighted by Crippen LogP contribution is -2.44. The highest BCUT2D eigenvalue weighted by molar-refractivity contribution is 6.01. The van der Waals surface area contributed by atoms with Gasteiger partial charge in [-0.05, 0) is 24.0 Å². The topological polar surface area (TPSA) is 49.4 Å². The molecule has 1 atom stereocenters. The van der Waals surface area contributed by atoms with Gasteiger partial charge in [-0.25, -0.2) is 0 Å². The molecule has 2 amide bonds. The summed E-state index contributed by atoms with van der Waals surface area (Å²) in [7, 11) is 0. The molecule has 0 saturated carbocycles. The summed E-state index contributed by atoms with van der Waals surface area (Å²) in [4.78, 5) is 26.1. The van der Waals surface area contributed by atoms with Crippen LogP contribution in [0.1, 0.15) is 45.1 Å². The largest absolute Gasteiger partial charge is 0.344 e. The number of carbonyl (C=O) groups is 2. The number of amides is 2. The summed E-state index contributed by atoms with van der Waals surface area (Å²) in [5.74, 6) is 0.284. The Kier molecular flexibility index (Phi) is 4.42. The van der Waals surface area contributed by atoms with Crippen molar-refractivity contribution in [3.63, 3.8) is 0 Å². The van der Waals surface area contributed by atoms with Crippen LogP contribution in [0.2, 0.25) is 0 Å². The zero-order valence-electron chi connectivity index (χ0n) is 12.3. The first kappa shape index (κ1) is 14.6. The molecule has 1 fully saturated rings. The van der Waals surface area contributed by atoms with Crippen LogP contribution in [0.15, 0.2) is 24.3 Å². The van der Waals surface area contributed by atoms with Crippen molar-refractivity contribution in [2.24, 2.45) is 0 Å². The van der Waals surface area contributed by atoms with Gasteiger partial charge in [0.05, 0.1) is 0 Å². The van der Waals surface area contributed by atoms with Crippen LogP contribution in [0.4, 0.5) is 5.69 Å². The Balaban J connectivity index is 2.40. The van der Waals surface area contributed by atoms with E-state index in [1.54, 1.807) is 4.90 Å². The summed E-state index contributed by atoms with van der Waals surface area (Å²) < 4.78 is 0. The Morgan fingerprint density at radius 1 is 1.30 bits per heavy atom. The molecule has 1 N–H and O–H groups in total. The average Bonchev–Trinajstić information content (AvgIpc) is 2.58. The maximum Gasteiger partial charge on any atom is 0.249 e. The van der Waals surface area contributed by atoms with Gasteiger partial charge in [0.15, 0.2) is 0 Å². The third-order valence-electron chi connectivity index (χ3n) is 3.72. The number of para-hydroxylation sites is 1. The molecule has 1 aliphatic heterocycles. The zero-order valence-corrected chi connectivity index (χ0v) is 12.3. The molecular weight excluding hydrogens is 252 g/mol. The summed E-state index contributed by atoms with van der Waals surface area (Å²) in [6, 6.07) is 7.53. The molecule has 20 heavy (non-hydrogen) atoms. The van der Waals surface area contributed by atoms with Crippen molar-refractivity contribution >= 4 is 17.5 Å². The molecule has 4 heteroatoms. The van der Waals surface area contributed by atoms with Gasteiger partial charge in [-0.15, -0.1) is 0 Å². The first-order valence-corrected chi connectivity index (χ1v) is 7.24. The molecule has 1 aromatic carbocycles. The number of nitrogens with one attached hydrogen (secondary N) is 1. The minimum absolute atomic E-state index is 0.00792. The molecule has 1 unspecified atom stereocenters. The summed E-state index contributed by atoms with van der Waals surface area (Å²) in [6.45, 7) is 6.59. The summed E-state index contributed by atoms with van der Waals surface area (Å²) >= 11 is 0. The van der Waals surface area contributed by atoms with E-state index in [0.29, 0.717) is 25.3 Å². The van der Waals surface area contributed by atoms with Crippen LogP contribution >= 0.6 is 0 Å². The zero-order chi connectivity index (χ0) is 14.7. The molecule has 0 aliphatic carbocycles. The highest BCUT2D eigenvalue weighted by atomic mass is 16.2. The Bertz CT molecular complexity index is 511. The third-order valence-corrected chi connectivity index (χ3v) is 3.72. The second-order valence-corrected chi connectivity index (χ2v) is 5.48. The monoisotopic (exact) mass is 274 g/mol. The summed E-state index contributed by atoms with van der Waals surface area (Å²) in [5.41, 5.74) is 2.08. The van der Waals surface area contributed by atoms with Crippen molar-refractivity contribution in [1.29, 1.82) is 0 Å². The number of rotatable bonds is 3. The molecule has 0 aromatic heterocycles. The van der Waals surface area contributed by atoms with Gasteiger partial charge in [0.2, 0.25) is 11.8 Å². The Hall–Kier alpha value is -1.84. The Labute approximate surface area is 120 Å². The lowest BCUT2D eigenvalue weighted by molar-refractivity contribution is -0.125.